The molecule has 1 aliphatic rings. The van der Waals surface area contributed by atoms with Gasteiger partial charge in [-0.2, -0.15) is 0 Å². The highest BCUT2D eigenvalue weighted by Gasteiger charge is 2.27. The molecule has 2 aromatic rings. The largest absolute Gasteiger partial charge is 0.465 e. The quantitative estimate of drug-likeness (QED) is 0.788. The summed E-state index contributed by atoms with van der Waals surface area (Å²) < 4.78 is 1.50. The molecule has 2 heterocycles. The highest BCUT2D eigenvalue weighted by Crippen LogP contribution is 2.22. The average molecular weight is 422 g/mol. The Morgan fingerprint density at radius 1 is 1.28 bits per heavy atom. The molecule has 2 N–H and O–H groups in total. The second-order valence-electron chi connectivity index (χ2n) is 8.68. The monoisotopic (exact) mass is 421 g/mol. The lowest BCUT2D eigenvalue weighted by atomic mass is 9.96. The van der Waals surface area contributed by atoms with Gasteiger partial charge in [-0.15, -0.1) is 0 Å². The van der Waals surface area contributed by atoms with E-state index in [0.717, 1.165) is 19.6 Å². The van der Waals surface area contributed by atoms with Gasteiger partial charge in [0, 0.05) is 32.7 Å². The summed E-state index contributed by atoms with van der Waals surface area (Å²) in [6.45, 7) is 12.2. The number of piperazine rings is 1. The minimum atomic E-state index is -1.17. The van der Waals surface area contributed by atoms with Gasteiger partial charge in [0.15, 0.2) is 5.82 Å². The van der Waals surface area contributed by atoms with Crippen LogP contribution in [-0.2, 0) is 0 Å². The molecule has 1 fully saturated rings. The molecule has 0 saturated carbocycles. The third kappa shape index (κ3) is 4.82. The van der Waals surface area contributed by atoms with Crippen LogP contribution in [0, 0.1) is 5.41 Å². The van der Waals surface area contributed by atoms with Gasteiger partial charge in [-0.25, -0.2) is 14.5 Å². The number of rotatable bonds is 4. The summed E-state index contributed by atoms with van der Waals surface area (Å²) in [5, 5.41) is 14.2. The Balaban J connectivity index is 2.01. The molecule has 1 amide bonds. The van der Waals surface area contributed by atoms with Crippen molar-refractivity contribution < 1.29 is 9.90 Å². The van der Waals surface area contributed by atoms with Crippen molar-refractivity contribution in [1.29, 1.82) is 0 Å². The first-order valence-corrected chi connectivity index (χ1v) is 10.1. The second-order valence-corrected chi connectivity index (χ2v) is 9.09. The predicted molar refractivity (Wildman–Crippen MR) is 114 cm³/mol. The summed E-state index contributed by atoms with van der Waals surface area (Å²) in [7, 11) is 0. The Labute approximate surface area is 175 Å². The zero-order valence-corrected chi connectivity index (χ0v) is 18.0. The number of carboxylic acid groups (broad SMARTS) is 1. The SMILES string of the molecule is CC(NC(=O)O)c1nc2cccc(Cl)c2c(=O)n1N1CCN(CC(C)(C)C)CC1. The van der Waals surface area contributed by atoms with E-state index in [1.165, 1.54) is 4.68 Å². The summed E-state index contributed by atoms with van der Waals surface area (Å²) >= 11 is 6.30. The van der Waals surface area contributed by atoms with Crippen LogP contribution in [-0.4, -0.2) is 58.5 Å². The number of aromatic nitrogens is 2. The maximum Gasteiger partial charge on any atom is 0.405 e. The minimum Gasteiger partial charge on any atom is -0.465 e. The van der Waals surface area contributed by atoms with E-state index in [-0.39, 0.29) is 11.0 Å². The second kappa shape index (κ2) is 8.20. The Hall–Kier alpha value is -2.32. The molecular formula is C20H28ClN5O3. The van der Waals surface area contributed by atoms with Crippen molar-refractivity contribution in [3.63, 3.8) is 0 Å². The minimum absolute atomic E-state index is 0.197. The number of hydrogen-bond donors (Lipinski definition) is 2. The number of fused-ring (bicyclic) bond motifs is 1. The van der Waals surface area contributed by atoms with Gasteiger partial charge in [-0.3, -0.25) is 9.69 Å². The molecule has 1 saturated heterocycles. The predicted octanol–water partition coefficient (Wildman–Crippen LogP) is 2.68. The maximum atomic E-state index is 13.4. The van der Waals surface area contributed by atoms with Gasteiger partial charge in [0.1, 0.15) is 0 Å². The third-order valence-corrected chi connectivity index (χ3v) is 5.22. The highest BCUT2D eigenvalue weighted by molar-refractivity contribution is 6.35. The van der Waals surface area contributed by atoms with E-state index in [1.54, 1.807) is 25.1 Å². The molecule has 0 spiro atoms. The number of halogens is 1. The molecule has 158 valence electrons. The summed E-state index contributed by atoms with van der Waals surface area (Å²) in [6.07, 6.45) is -1.17. The van der Waals surface area contributed by atoms with E-state index in [1.807, 2.05) is 5.01 Å². The van der Waals surface area contributed by atoms with E-state index in [0.29, 0.717) is 34.8 Å². The van der Waals surface area contributed by atoms with E-state index in [9.17, 15) is 9.59 Å². The van der Waals surface area contributed by atoms with Gasteiger partial charge >= 0.3 is 6.09 Å². The van der Waals surface area contributed by atoms with Crippen molar-refractivity contribution in [2.75, 3.05) is 37.7 Å². The number of nitrogens with one attached hydrogen (secondary N) is 1. The summed E-state index contributed by atoms with van der Waals surface area (Å²) in [6, 6.07) is 4.45. The van der Waals surface area contributed by atoms with Crippen LogP contribution < -0.4 is 15.9 Å². The highest BCUT2D eigenvalue weighted by atomic mass is 35.5. The Morgan fingerprint density at radius 3 is 2.52 bits per heavy atom. The molecule has 1 aliphatic heterocycles. The molecule has 8 nitrogen and oxygen atoms in total. The summed E-state index contributed by atoms with van der Waals surface area (Å²) in [5.74, 6) is 0.358. The number of nitrogens with zero attached hydrogens (tertiary/aromatic N) is 4. The van der Waals surface area contributed by atoms with Crippen LogP contribution in [0.15, 0.2) is 23.0 Å². The fourth-order valence-corrected chi connectivity index (χ4v) is 4.02. The van der Waals surface area contributed by atoms with E-state index in [4.69, 9.17) is 16.7 Å². The zero-order chi connectivity index (χ0) is 21.3. The van der Waals surface area contributed by atoms with E-state index < -0.39 is 12.1 Å². The molecule has 1 aromatic heterocycles. The maximum absolute atomic E-state index is 13.4. The van der Waals surface area contributed by atoms with Crippen LogP contribution in [0.1, 0.15) is 39.6 Å². The summed E-state index contributed by atoms with van der Waals surface area (Å²) in [5.41, 5.74) is 0.375. The molecule has 9 heteroatoms. The van der Waals surface area contributed by atoms with Crippen LogP contribution in [0.25, 0.3) is 10.9 Å². The first kappa shape index (κ1) is 21.4. The van der Waals surface area contributed by atoms with Crippen molar-refractivity contribution >= 4 is 28.6 Å². The lowest BCUT2D eigenvalue weighted by Gasteiger charge is -2.40. The third-order valence-electron chi connectivity index (χ3n) is 4.91. The first-order valence-electron chi connectivity index (χ1n) is 9.75. The molecule has 0 radical (unpaired) electrons. The van der Waals surface area contributed by atoms with Crippen molar-refractivity contribution in [2.45, 2.75) is 33.7 Å². The molecule has 1 atom stereocenters. The van der Waals surface area contributed by atoms with Crippen LogP contribution in [0.5, 0.6) is 0 Å². The summed E-state index contributed by atoms with van der Waals surface area (Å²) in [4.78, 5) is 31.5. The zero-order valence-electron chi connectivity index (χ0n) is 17.3. The molecule has 3 rings (SSSR count). The Bertz CT molecular complexity index is 961. The molecule has 29 heavy (non-hydrogen) atoms. The smallest absolute Gasteiger partial charge is 0.405 e. The number of hydrogen-bond acceptors (Lipinski definition) is 5. The van der Waals surface area contributed by atoms with Crippen molar-refractivity contribution in [2.24, 2.45) is 5.41 Å². The van der Waals surface area contributed by atoms with Crippen molar-refractivity contribution in [3.8, 4) is 0 Å². The lowest BCUT2D eigenvalue weighted by Crippen LogP contribution is -2.56. The fraction of sp³-hybridized carbons (Fsp3) is 0.550. The van der Waals surface area contributed by atoms with Gasteiger partial charge in [0.05, 0.1) is 22.0 Å². The molecular weight excluding hydrogens is 394 g/mol. The normalized spacial score (nSPS) is 16.8. The average Bonchev–Trinajstić information content (AvgIpc) is 2.60. The fourth-order valence-electron chi connectivity index (χ4n) is 3.77. The number of benzene rings is 1. The standard InChI is InChI=1S/C20H28ClN5O3/c1-13(22-19(28)29)17-23-15-7-5-6-14(21)16(15)18(27)26(17)25-10-8-24(9-11-25)12-20(2,3)4/h5-7,13,22H,8-12H2,1-4H3,(H,28,29). The lowest BCUT2D eigenvalue weighted by molar-refractivity contribution is 0.171. The topological polar surface area (TPSA) is 90.7 Å². The number of amides is 1. The van der Waals surface area contributed by atoms with Crippen LogP contribution in [0.2, 0.25) is 5.02 Å². The van der Waals surface area contributed by atoms with E-state index >= 15 is 0 Å². The van der Waals surface area contributed by atoms with Crippen molar-refractivity contribution in [1.82, 2.24) is 19.9 Å². The first-order chi connectivity index (χ1) is 13.6. The van der Waals surface area contributed by atoms with Gasteiger partial charge in [0.2, 0.25) is 0 Å². The molecule has 0 bridgehead atoms. The Morgan fingerprint density at radius 2 is 1.93 bits per heavy atom. The van der Waals surface area contributed by atoms with Crippen LogP contribution in [0.4, 0.5) is 4.79 Å². The van der Waals surface area contributed by atoms with Crippen molar-refractivity contribution in [3.05, 3.63) is 39.4 Å². The van der Waals surface area contributed by atoms with Gasteiger partial charge < -0.3 is 15.4 Å². The molecule has 1 aromatic carbocycles. The van der Waals surface area contributed by atoms with Gasteiger partial charge in [-0.1, -0.05) is 38.4 Å². The number of carbonyl (C=O) groups is 1. The Kier molecular flexibility index (Phi) is 6.05. The van der Waals surface area contributed by atoms with Crippen LogP contribution in [0.3, 0.4) is 0 Å². The molecule has 0 aliphatic carbocycles. The van der Waals surface area contributed by atoms with Gasteiger partial charge in [-0.05, 0) is 24.5 Å². The van der Waals surface area contributed by atoms with Gasteiger partial charge in [0.25, 0.3) is 5.56 Å². The van der Waals surface area contributed by atoms with Crippen LogP contribution >= 0.6 is 11.6 Å². The van der Waals surface area contributed by atoms with E-state index in [2.05, 4.69) is 36.0 Å². The molecule has 1 unspecified atom stereocenters.